The van der Waals surface area contributed by atoms with Crippen LogP contribution in [-0.4, -0.2) is 42.5 Å². The lowest BCUT2D eigenvalue weighted by Gasteiger charge is -2.16. The Bertz CT molecular complexity index is 688. The number of carbonyl (C=O) groups excluding carboxylic acids is 1. The van der Waals surface area contributed by atoms with Gasteiger partial charge in [-0.1, -0.05) is 15.9 Å². The lowest BCUT2D eigenvalue weighted by molar-refractivity contribution is 0.0786. The first-order valence-electron chi connectivity index (χ1n) is 7.99. The molecule has 0 saturated carbocycles. The van der Waals surface area contributed by atoms with Crippen molar-refractivity contribution in [2.45, 2.75) is 6.42 Å². The zero-order chi connectivity index (χ0) is 16.9. The number of aromatic nitrogens is 1. The SMILES string of the molecule is CNCC1CCN(C(=O)c2ccc(Oc3ccc(Br)cc3)nc2)C1. The van der Waals surface area contributed by atoms with Crippen LogP contribution in [0.5, 0.6) is 11.6 Å². The Hall–Kier alpha value is -1.92. The van der Waals surface area contributed by atoms with Gasteiger partial charge >= 0.3 is 0 Å². The monoisotopic (exact) mass is 389 g/mol. The van der Waals surface area contributed by atoms with Gasteiger partial charge in [-0.3, -0.25) is 4.79 Å². The maximum absolute atomic E-state index is 12.5. The molecule has 1 aromatic heterocycles. The van der Waals surface area contributed by atoms with Gasteiger partial charge in [0.15, 0.2) is 0 Å². The number of nitrogens with one attached hydrogen (secondary N) is 1. The number of pyridine rings is 1. The third kappa shape index (κ3) is 4.13. The van der Waals surface area contributed by atoms with Crippen LogP contribution in [0.1, 0.15) is 16.8 Å². The van der Waals surface area contributed by atoms with Crippen LogP contribution in [0.15, 0.2) is 47.1 Å². The second-order valence-electron chi connectivity index (χ2n) is 5.90. The number of hydrogen-bond acceptors (Lipinski definition) is 4. The van der Waals surface area contributed by atoms with Crippen molar-refractivity contribution < 1.29 is 9.53 Å². The number of carbonyl (C=O) groups is 1. The van der Waals surface area contributed by atoms with E-state index in [1.165, 1.54) is 0 Å². The Morgan fingerprint density at radius 1 is 1.33 bits per heavy atom. The summed E-state index contributed by atoms with van der Waals surface area (Å²) >= 11 is 3.39. The van der Waals surface area contributed by atoms with Gasteiger partial charge in [-0.25, -0.2) is 4.98 Å². The van der Waals surface area contributed by atoms with Gasteiger partial charge < -0.3 is 15.0 Å². The van der Waals surface area contributed by atoms with Gasteiger partial charge in [0.2, 0.25) is 5.88 Å². The van der Waals surface area contributed by atoms with Crippen molar-refractivity contribution >= 4 is 21.8 Å². The fraction of sp³-hybridized carbons (Fsp3) is 0.333. The van der Waals surface area contributed by atoms with Crippen LogP contribution in [0.2, 0.25) is 0 Å². The number of rotatable bonds is 5. The van der Waals surface area contributed by atoms with E-state index in [9.17, 15) is 4.79 Å². The van der Waals surface area contributed by atoms with Crippen LogP contribution in [0.3, 0.4) is 0 Å². The summed E-state index contributed by atoms with van der Waals surface area (Å²) in [6.07, 6.45) is 2.63. The number of hydrogen-bond donors (Lipinski definition) is 1. The highest BCUT2D eigenvalue weighted by Gasteiger charge is 2.26. The number of likely N-dealkylation sites (tertiary alicyclic amines) is 1. The Morgan fingerprint density at radius 2 is 2.12 bits per heavy atom. The molecule has 1 aromatic carbocycles. The zero-order valence-corrected chi connectivity index (χ0v) is 15.1. The lowest BCUT2D eigenvalue weighted by Crippen LogP contribution is -2.30. The number of halogens is 1. The fourth-order valence-electron chi connectivity index (χ4n) is 2.85. The molecule has 24 heavy (non-hydrogen) atoms. The number of ether oxygens (including phenoxy) is 1. The average molecular weight is 390 g/mol. The summed E-state index contributed by atoms with van der Waals surface area (Å²) < 4.78 is 6.67. The third-order valence-electron chi connectivity index (χ3n) is 4.09. The summed E-state index contributed by atoms with van der Waals surface area (Å²) in [6.45, 7) is 2.56. The van der Waals surface area contributed by atoms with Crippen LogP contribution in [0.25, 0.3) is 0 Å². The second-order valence-corrected chi connectivity index (χ2v) is 6.82. The van der Waals surface area contributed by atoms with Gasteiger partial charge in [0.25, 0.3) is 5.91 Å². The second kappa shape index (κ2) is 7.77. The molecule has 1 fully saturated rings. The molecule has 126 valence electrons. The molecule has 1 aliphatic heterocycles. The minimum Gasteiger partial charge on any atom is -0.439 e. The summed E-state index contributed by atoms with van der Waals surface area (Å²) in [5.41, 5.74) is 0.600. The summed E-state index contributed by atoms with van der Waals surface area (Å²) in [5.74, 6) is 1.76. The number of benzene rings is 1. The van der Waals surface area contributed by atoms with E-state index >= 15 is 0 Å². The van der Waals surface area contributed by atoms with Crippen LogP contribution in [0.4, 0.5) is 0 Å². The molecule has 0 spiro atoms. The van der Waals surface area contributed by atoms with Gasteiger partial charge in [-0.05, 0) is 56.3 Å². The van der Waals surface area contributed by atoms with E-state index < -0.39 is 0 Å². The molecule has 0 radical (unpaired) electrons. The van der Waals surface area contributed by atoms with Crippen molar-refractivity contribution in [1.82, 2.24) is 15.2 Å². The van der Waals surface area contributed by atoms with E-state index in [-0.39, 0.29) is 5.91 Å². The molecule has 2 heterocycles. The van der Waals surface area contributed by atoms with E-state index in [0.29, 0.717) is 23.1 Å². The first kappa shape index (κ1) is 16.9. The molecule has 1 N–H and O–H groups in total. The van der Waals surface area contributed by atoms with Crippen molar-refractivity contribution in [3.8, 4) is 11.6 Å². The summed E-state index contributed by atoms with van der Waals surface area (Å²) in [5, 5.41) is 3.17. The van der Waals surface area contributed by atoms with Crippen molar-refractivity contribution in [3.05, 3.63) is 52.6 Å². The molecule has 0 bridgehead atoms. The van der Waals surface area contributed by atoms with Crippen LogP contribution < -0.4 is 10.1 Å². The fourth-order valence-corrected chi connectivity index (χ4v) is 3.11. The van der Waals surface area contributed by atoms with Crippen molar-refractivity contribution in [1.29, 1.82) is 0 Å². The Balaban J connectivity index is 1.62. The van der Waals surface area contributed by atoms with Crippen LogP contribution in [0, 0.1) is 5.92 Å². The molecule has 1 unspecified atom stereocenters. The molecule has 5 nitrogen and oxygen atoms in total. The normalized spacial score (nSPS) is 17.1. The predicted octanol–water partition coefficient (Wildman–Crippen LogP) is 3.32. The van der Waals surface area contributed by atoms with Crippen molar-refractivity contribution in [3.63, 3.8) is 0 Å². The molecule has 1 atom stereocenters. The first-order valence-corrected chi connectivity index (χ1v) is 8.78. The zero-order valence-electron chi connectivity index (χ0n) is 13.5. The highest BCUT2D eigenvalue weighted by atomic mass is 79.9. The standard InChI is InChI=1S/C18H20BrN3O2/c1-20-10-13-8-9-22(12-13)18(23)14-2-7-17(21-11-14)24-16-5-3-15(19)4-6-16/h2-7,11,13,20H,8-10,12H2,1H3. The molecule has 1 saturated heterocycles. The summed E-state index contributed by atoms with van der Waals surface area (Å²) in [4.78, 5) is 18.7. The highest BCUT2D eigenvalue weighted by Crippen LogP contribution is 2.23. The van der Waals surface area contributed by atoms with Gasteiger partial charge in [0.1, 0.15) is 5.75 Å². The van der Waals surface area contributed by atoms with Crippen LogP contribution >= 0.6 is 15.9 Å². The van der Waals surface area contributed by atoms with Crippen molar-refractivity contribution in [2.24, 2.45) is 5.92 Å². The summed E-state index contributed by atoms with van der Waals surface area (Å²) in [7, 11) is 1.94. The maximum atomic E-state index is 12.5. The minimum absolute atomic E-state index is 0.0382. The van der Waals surface area contributed by atoms with E-state index in [1.54, 1.807) is 18.3 Å². The van der Waals surface area contributed by atoms with Crippen LogP contribution in [-0.2, 0) is 0 Å². The molecule has 0 aliphatic carbocycles. The van der Waals surface area contributed by atoms with Gasteiger partial charge in [0, 0.05) is 29.8 Å². The van der Waals surface area contributed by atoms with Gasteiger partial charge in [-0.15, -0.1) is 0 Å². The molecule has 2 aromatic rings. The van der Waals surface area contributed by atoms with Gasteiger partial charge in [-0.2, -0.15) is 0 Å². The number of amides is 1. The van der Waals surface area contributed by atoms with Gasteiger partial charge in [0.05, 0.1) is 5.56 Å². The van der Waals surface area contributed by atoms with E-state index in [1.807, 2.05) is 36.2 Å². The van der Waals surface area contributed by atoms with E-state index in [4.69, 9.17) is 4.74 Å². The maximum Gasteiger partial charge on any atom is 0.255 e. The third-order valence-corrected chi connectivity index (χ3v) is 4.61. The summed E-state index contributed by atoms with van der Waals surface area (Å²) in [6, 6.07) is 11.0. The van der Waals surface area contributed by atoms with E-state index in [2.05, 4.69) is 26.2 Å². The average Bonchev–Trinajstić information content (AvgIpc) is 3.06. The Kier molecular flexibility index (Phi) is 5.48. The molecular weight excluding hydrogens is 370 g/mol. The molecule has 3 rings (SSSR count). The largest absolute Gasteiger partial charge is 0.439 e. The molecular formula is C18H20BrN3O2. The van der Waals surface area contributed by atoms with E-state index in [0.717, 1.165) is 30.5 Å². The first-order chi connectivity index (χ1) is 11.7. The minimum atomic E-state index is 0.0382. The highest BCUT2D eigenvalue weighted by molar-refractivity contribution is 9.10. The number of nitrogens with zero attached hydrogens (tertiary/aromatic N) is 2. The predicted molar refractivity (Wildman–Crippen MR) is 96.4 cm³/mol. The molecule has 1 amide bonds. The topological polar surface area (TPSA) is 54.5 Å². The van der Waals surface area contributed by atoms with Crippen molar-refractivity contribution in [2.75, 3.05) is 26.7 Å². The smallest absolute Gasteiger partial charge is 0.255 e. The molecule has 1 aliphatic rings. The Labute approximate surface area is 150 Å². The quantitative estimate of drug-likeness (QED) is 0.851. The Morgan fingerprint density at radius 3 is 2.79 bits per heavy atom. The molecule has 6 heteroatoms. The lowest BCUT2D eigenvalue weighted by atomic mass is 10.1.